The molecule has 5 rings (SSSR count). The van der Waals surface area contributed by atoms with Crippen LogP contribution >= 0.6 is 0 Å². The van der Waals surface area contributed by atoms with E-state index >= 15 is 0 Å². The van der Waals surface area contributed by atoms with Crippen LogP contribution < -0.4 is 10.2 Å². The lowest BCUT2D eigenvalue weighted by molar-refractivity contribution is 0.0962. The Labute approximate surface area is 212 Å². The number of amides is 1. The van der Waals surface area contributed by atoms with Crippen LogP contribution in [0.4, 0.5) is 5.69 Å². The van der Waals surface area contributed by atoms with E-state index in [0.29, 0.717) is 5.56 Å². The largest absolute Gasteiger partial charge is 0.367 e. The van der Waals surface area contributed by atoms with E-state index in [-0.39, 0.29) is 11.3 Å². The molecule has 4 aromatic rings. The fourth-order valence-corrected chi connectivity index (χ4v) is 4.79. The van der Waals surface area contributed by atoms with Gasteiger partial charge in [-0.15, -0.1) is 0 Å². The van der Waals surface area contributed by atoms with Crippen LogP contribution in [0.1, 0.15) is 42.3 Å². The molecule has 3 heterocycles. The van der Waals surface area contributed by atoms with Crippen molar-refractivity contribution in [3.8, 4) is 11.4 Å². The summed E-state index contributed by atoms with van der Waals surface area (Å²) in [6.07, 6.45) is 3.46. The number of carbonyl (C=O) groups is 1. The zero-order valence-corrected chi connectivity index (χ0v) is 21.5. The summed E-state index contributed by atoms with van der Waals surface area (Å²) in [5.41, 5.74) is 7.47. The molecule has 0 saturated carbocycles. The van der Waals surface area contributed by atoms with Crippen LogP contribution in [0.5, 0.6) is 0 Å². The fraction of sp³-hybridized carbons (Fsp3) is 0.345. The molecule has 2 aromatic carbocycles. The highest BCUT2D eigenvalue weighted by Gasteiger charge is 2.21. The number of benzene rings is 2. The first-order valence-electron chi connectivity index (χ1n) is 12.5. The van der Waals surface area contributed by atoms with Crippen LogP contribution in [-0.4, -0.2) is 59.0 Å². The molecule has 186 valence electrons. The quantitative estimate of drug-likeness (QED) is 0.435. The Morgan fingerprint density at radius 2 is 1.78 bits per heavy atom. The van der Waals surface area contributed by atoms with Crippen LogP contribution in [0.25, 0.3) is 22.4 Å². The van der Waals surface area contributed by atoms with E-state index < -0.39 is 0 Å². The summed E-state index contributed by atoms with van der Waals surface area (Å²) in [5, 5.41) is 2.66. The van der Waals surface area contributed by atoms with E-state index in [1.807, 2.05) is 12.3 Å². The standard InChI is InChI=1S/C29H34N6O/c1-29(2,3)23-10-8-21(9-11-23)27-32-24-6-5-7-25(26(24)33-27)35-14-12-34(13-15-35)19-20-16-22(18-31-17-20)28(36)30-4/h5-11,16-18H,12-15,19H2,1-4H3,(H,30,36)(H,32,33). The molecule has 0 unspecified atom stereocenters. The Kier molecular flexibility index (Phi) is 6.49. The number of hydrogen-bond acceptors (Lipinski definition) is 5. The number of imidazole rings is 1. The predicted octanol–water partition coefficient (Wildman–Crippen LogP) is 4.60. The molecule has 2 aromatic heterocycles. The van der Waals surface area contributed by atoms with Gasteiger partial charge in [-0.3, -0.25) is 14.7 Å². The molecule has 1 aliphatic heterocycles. The number of nitrogens with one attached hydrogen (secondary N) is 2. The van der Waals surface area contributed by atoms with Crippen molar-refractivity contribution in [1.82, 2.24) is 25.2 Å². The average Bonchev–Trinajstić information content (AvgIpc) is 3.33. The number of rotatable bonds is 5. The first kappa shape index (κ1) is 24.0. The van der Waals surface area contributed by atoms with Gasteiger partial charge < -0.3 is 15.2 Å². The van der Waals surface area contributed by atoms with E-state index in [1.165, 1.54) is 11.3 Å². The van der Waals surface area contributed by atoms with Crippen molar-refractivity contribution in [2.24, 2.45) is 0 Å². The summed E-state index contributed by atoms with van der Waals surface area (Å²) < 4.78 is 0. The van der Waals surface area contributed by atoms with Gasteiger partial charge in [0.1, 0.15) is 5.82 Å². The first-order valence-corrected chi connectivity index (χ1v) is 12.5. The van der Waals surface area contributed by atoms with Crippen molar-refractivity contribution in [3.63, 3.8) is 0 Å². The highest BCUT2D eigenvalue weighted by Crippen LogP contribution is 2.30. The molecule has 2 N–H and O–H groups in total. The molecule has 1 aliphatic rings. The maximum absolute atomic E-state index is 11.9. The molecule has 7 nitrogen and oxygen atoms in total. The fourth-order valence-electron chi connectivity index (χ4n) is 4.79. The Hall–Kier alpha value is -3.71. The van der Waals surface area contributed by atoms with Crippen LogP contribution in [0.3, 0.4) is 0 Å². The van der Waals surface area contributed by atoms with Gasteiger partial charge in [-0.25, -0.2) is 4.98 Å². The van der Waals surface area contributed by atoms with Gasteiger partial charge >= 0.3 is 0 Å². The summed E-state index contributed by atoms with van der Waals surface area (Å²) in [5.74, 6) is 0.798. The monoisotopic (exact) mass is 482 g/mol. The summed E-state index contributed by atoms with van der Waals surface area (Å²) in [4.78, 5) is 29.5. The Bertz CT molecular complexity index is 1360. The SMILES string of the molecule is CNC(=O)c1cncc(CN2CCN(c3cccc4nc(-c5ccc(C(C)(C)C)cc5)[nH]c34)CC2)c1. The molecule has 36 heavy (non-hydrogen) atoms. The van der Waals surface area contributed by atoms with Gasteiger partial charge in [-0.1, -0.05) is 51.1 Å². The maximum Gasteiger partial charge on any atom is 0.252 e. The van der Waals surface area contributed by atoms with E-state index in [0.717, 1.165) is 60.7 Å². The van der Waals surface area contributed by atoms with Crippen molar-refractivity contribution in [1.29, 1.82) is 0 Å². The number of carbonyl (C=O) groups excluding carboxylic acids is 1. The minimum Gasteiger partial charge on any atom is -0.367 e. The van der Waals surface area contributed by atoms with Crippen LogP contribution in [0, 0.1) is 0 Å². The molecule has 0 aliphatic carbocycles. The summed E-state index contributed by atoms with van der Waals surface area (Å²) in [7, 11) is 1.64. The third-order valence-corrected chi connectivity index (χ3v) is 6.92. The number of para-hydroxylation sites is 1. The molecule has 1 fully saturated rings. The maximum atomic E-state index is 11.9. The van der Waals surface area contributed by atoms with Crippen LogP contribution in [0.2, 0.25) is 0 Å². The summed E-state index contributed by atoms with van der Waals surface area (Å²) >= 11 is 0. The molecule has 0 radical (unpaired) electrons. The Balaban J connectivity index is 1.29. The van der Waals surface area contributed by atoms with Crippen molar-refractivity contribution >= 4 is 22.6 Å². The van der Waals surface area contributed by atoms with E-state index in [1.54, 1.807) is 13.2 Å². The second-order valence-corrected chi connectivity index (χ2v) is 10.5. The number of aromatic amines is 1. The van der Waals surface area contributed by atoms with Crippen molar-refractivity contribution in [3.05, 3.63) is 77.6 Å². The van der Waals surface area contributed by atoms with Crippen LogP contribution in [-0.2, 0) is 12.0 Å². The number of H-pyrrole nitrogens is 1. The lowest BCUT2D eigenvalue weighted by atomic mass is 9.87. The number of piperazine rings is 1. The minimum absolute atomic E-state index is 0.105. The molecule has 0 spiro atoms. The third kappa shape index (κ3) is 4.97. The third-order valence-electron chi connectivity index (χ3n) is 6.92. The number of nitrogens with zero attached hydrogens (tertiary/aromatic N) is 4. The molecule has 0 bridgehead atoms. The average molecular weight is 483 g/mol. The van der Waals surface area contributed by atoms with Gasteiger partial charge in [0.05, 0.1) is 22.3 Å². The van der Waals surface area contributed by atoms with Crippen molar-refractivity contribution in [2.45, 2.75) is 32.7 Å². The number of hydrogen-bond donors (Lipinski definition) is 2. The second kappa shape index (κ2) is 9.74. The van der Waals surface area contributed by atoms with Gasteiger partial charge in [-0.2, -0.15) is 0 Å². The number of aromatic nitrogens is 3. The molecular weight excluding hydrogens is 448 g/mol. The summed E-state index contributed by atoms with van der Waals surface area (Å²) in [6, 6.07) is 17.0. The Morgan fingerprint density at radius 1 is 1.03 bits per heavy atom. The van der Waals surface area contributed by atoms with Crippen LogP contribution in [0.15, 0.2) is 60.9 Å². The topological polar surface area (TPSA) is 77.2 Å². The minimum atomic E-state index is -0.105. The van der Waals surface area contributed by atoms with Gasteiger partial charge in [0, 0.05) is 57.7 Å². The zero-order valence-electron chi connectivity index (χ0n) is 21.5. The molecule has 0 atom stereocenters. The molecule has 1 amide bonds. The summed E-state index contributed by atoms with van der Waals surface area (Å²) in [6.45, 7) is 11.2. The number of fused-ring (bicyclic) bond motifs is 1. The van der Waals surface area contributed by atoms with Crippen molar-refractivity contribution in [2.75, 3.05) is 38.1 Å². The van der Waals surface area contributed by atoms with Gasteiger partial charge in [0.15, 0.2) is 0 Å². The normalized spacial score (nSPS) is 14.8. The van der Waals surface area contributed by atoms with E-state index in [2.05, 4.69) is 88.3 Å². The smallest absolute Gasteiger partial charge is 0.252 e. The van der Waals surface area contributed by atoms with E-state index in [9.17, 15) is 4.79 Å². The number of pyridine rings is 1. The zero-order chi connectivity index (χ0) is 25.3. The van der Waals surface area contributed by atoms with Gasteiger partial charge in [0.25, 0.3) is 5.91 Å². The number of anilines is 1. The van der Waals surface area contributed by atoms with E-state index in [4.69, 9.17) is 4.98 Å². The predicted molar refractivity (Wildman–Crippen MR) is 145 cm³/mol. The van der Waals surface area contributed by atoms with Gasteiger partial charge in [-0.05, 0) is 34.7 Å². The lowest BCUT2D eigenvalue weighted by Crippen LogP contribution is -2.46. The highest BCUT2D eigenvalue weighted by molar-refractivity contribution is 5.93. The molecular formula is C29H34N6O. The molecule has 1 saturated heterocycles. The second-order valence-electron chi connectivity index (χ2n) is 10.5. The van der Waals surface area contributed by atoms with Gasteiger partial charge in [0.2, 0.25) is 0 Å². The molecule has 7 heteroatoms. The first-order chi connectivity index (χ1) is 17.3. The highest BCUT2D eigenvalue weighted by atomic mass is 16.1. The Morgan fingerprint density at radius 3 is 2.47 bits per heavy atom. The lowest BCUT2D eigenvalue weighted by Gasteiger charge is -2.36. The van der Waals surface area contributed by atoms with Crippen molar-refractivity contribution < 1.29 is 4.79 Å².